The number of anilines is 1. The summed E-state index contributed by atoms with van der Waals surface area (Å²) in [7, 11) is -4.05. The summed E-state index contributed by atoms with van der Waals surface area (Å²) in [6, 6.07) is 12.5. The minimum Gasteiger partial charge on any atom is -0.454 e. The first-order chi connectivity index (χ1) is 14.1. The predicted molar refractivity (Wildman–Crippen MR) is 100 cm³/mol. The number of sulfonamides is 1. The third-order valence-corrected chi connectivity index (χ3v) is 5.77. The summed E-state index contributed by atoms with van der Waals surface area (Å²) in [5, 5.41) is 0. The highest BCUT2D eigenvalue weighted by Crippen LogP contribution is 2.43. The van der Waals surface area contributed by atoms with Crippen molar-refractivity contribution < 1.29 is 35.5 Å². The van der Waals surface area contributed by atoms with Crippen molar-refractivity contribution >= 4 is 15.7 Å². The van der Waals surface area contributed by atoms with Crippen LogP contribution in [0.3, 0.4) is 0 Å². The predicted octanol–water partition coefficient (Wildman–Crippen LogP) is 5.04. The van der Waals surface area contributed by atoms with Crippen LogP contribution in [0.1, 0.15) is 5.56 Å². The van der Waals surface area contributed by atoms with E-state index in [0.717, 1.165) is 6.07 Å². The Morgan fingerprint density at radius 1 is 0.900 bits per heavy atom. The van der Waals surface area contributed by atoms with Crippen molar-refractivity contribution in [1.29, 1.82) is 0 Å². The fourth-order valence-corrected chi connectivity index (χ4v) is 4.07. The fraction of sp³-hybridized carbons (Fsp3) is 0.100. The summed E-state index contributed by atoms with van der Waals surface area (Å²) in [5.74, 6) is -0.980. The molecule has 0 unspecified atom stereocenters. The van der Waals surface area contributed by atoms with Crippen LogP contribution in [0.15, 0.2) is 65.6 Å². The van der Waals surface area contributed by atoms with Crippen molar-refractivity contribution in [3.8, 4) is 22.6 Å². The highest BCUT2D eigenvalue weighted by Gasteiger charge is 2.34. The third kappa shape index (κ3) is 3.78. The molecule has 0 aromatic heterocycles. The molecule has 30 heavy (non-hydrogen) atoms. The van der Waals surface area contributed by atoms with Crippen molar-refractivity contribution in [2.45, 2.75) is 11.1 Å². The van der Waals surface area contributed by atoms with Gasteiger partial charge in [0.05, 0.1) is 16.1 Å². The van der Waals surface area contributed by atoms with Crippen LogP contribution in [-0.2, 0) is 16.2 Å². The van der Waals surface area contributed by atoms with Crippen LogP contribution in [0, 0.1) is 5.82 Å². The van der Waals surface area contributed by atoms with E-state index in [4.69, 9.17) is 9.47 Å². The van der Waals surface area contributed by atoms with Crippen molar-refractivity contribution in [2.75, 3.05) is 11.5 Å². The van der Waals surface area contributed by atoms with E-state index in [0.29, 0.717) is 12.1 Å². The number of hydrogen-bond acceptors (Lipinski definition) is 4. The van der Waals surface area contributed by atoms with Gasteiger partial charge in [0.1, 0.15) is 5.82 Å². The summed E-state index contributed by atoms with van der Waals surface area (Å²) >= 11 is 0. The summed E-state index contributed by atoms with van der Waals surface area (Å²) in [6.45, 7) is -0.124. The van der Waals surface area contributed by atoms with Gasteiger partial charge in [-0.05, 0) is 35.9 Å². The third-order valence-electron chi connectivity index (χ3n) is 4.39. The van der Waals surface area contributed by atoms with Gasteiger partial charge in [0.25, 0.3) is 10.0 Å². The number of ether oxygens (including phenoxy) is 2. The van der Waals surface area contributed by atoms with Gasteiger partial charge in [-0.2, -0.15) is 13.2 Å². The van der Waals surface area contributed by atoms with Gasteiger partial charge in [-0.1, -0.05) is 24.3 Å². The highest BCUT2D eigenvalue weighted by molar-refractivity contribution is 7.92. The number of benzene rings is 3. The minimum absolute atomic E-state index is 0.0382. The molecule has 0 amide bonds. The molecule has 0 bridgehead atoms. The van der Waals surface area contributed by atoms with Gasteiger partial charge in [0.2, 0.25) is 6.79 Å². The largest absolute Gasteiger partial charge is 0.454 e. The SMILES string of the molecule is O=S(=O)(Nc1cc2c(cc1-c1ccc(F)c(C(F)(F)F)c1)OCO2)c1ccccc1. The number of hydrogen-bond donors (Lipinski definition) is 1. The molecule has 0 spiro atoms. The monoisotopic (exact) mass is 439 g/mol. The summed E-state index contributed by atoms with van der Waals surface area (Å²) in [6.07, 6.45) is -4.92. The molecule has 0 fully saturated rings. The smallest absolute Gasteiger partial charge is 0.419 e. The first kappa shape index (κ1) is 20.0. The first-order valence-corrected chi connectivity index (χ1v) is 10.0. The quantitative estimate of drug-likeness (QED) is 0.579. The number of alkyl halides is 3. The summed E-state index contributed by atoms with van der Waals surface area (Å²) < 4.78 is 91.6. The zero-order chi connectivity index (χ0) is 21.5. The lowest BCUT2D eigenvalue weighted by molar-refractivity contribution is -0.139. The zero-order valence-corrected chi connectivity index (χ0v) is 15.9. The van der Waals surface area contributed by atoms with Gasteiger partial charge in [0.15, 0.2) is 11.5 Å². The molecule has 0 aliphatic carbocycles. The standard InChI is InChI=1S/C20H13F4NO4S/c21-16-7-6-12(8-15(16)20(22,23)24)14-9-18-19(29-11-28-18)10-17(14)25-30(26,27)13-4-2-1-3-5-13/h1-10,25H,11H2. The van der Waals surface area contributed by atoms with Crippen LogP contribution in [0.4, 0.5) is 23.2 Å². The first-order valence-electron chi connectivity index (χ1n) is 8.54. The molecule has 1 aliphatic heterocycles. The van der Waals surface area contributed by atoms with Crippen LogP contribution in [0.25, 0.3) is 11.1 Å². The van der Waals surface area contributed by atoms with E-state index < -0.39 is 27.6 Å². The van der Waals surface area contributed by atoms with E-state index in [1.165, 1.54) is 36.4 Å². The van der Waals surface area contributed by atoms with E-state index >= 15 is 0 Å². The Morgan fingerprint density at radius 2 is 1.57 bits per heavy atom. The molecule has 1 heterocycles. The second kappa shape index (κ2) is 7.21. The number of halogens is 4. The maximum atomic E-state index is 13.7. The van der Waals surface area contributed by atoms with Crippen LogP contribution >= 0.6 is 0 Å². The summed E-state index contributed by atoms with van der Waals surface area (Å²) in [4.78, 5) is -0.0382. The zero-order valence-electron chi connectivity index (χ0n) is 15.0. The fourth-order valence-electron chi connectivity index (χ4n) is 2.98. The normalized spacial score (nSPS) is 13.3. The second-order valence-corrected chi connectivity index (χ2v) is 8.04. The Hall–Kier alpha value is -3.27. The average Bonchev–Trinajstić information content (AvgIpc) is 3.15. The van der Waals surface area contributed by atoms with Gasteiger partial charge in [0, 0.05) is 11.6 Å². The van der Waals surface area contributed by atoms with E-state index in [2.05, 4.69) is 4.72 Å². The molecule has 1 aliphatic rings. The summed E-state index contributed by atoms with van der Waals surface area (Å²) in [5.41, 5.74) is -1.48. The molecular weight excluding hydrogens is 426 g/mol. The molecule has 3 aromatic rings. The number of rotatable bonds is 4. The molecular formula is C20H13F4NO4S. The molecule has 10 heteroatoms. The molecule has 3 aromatic carbocycles. The second-order valence-electron chi connectivity index (χ2n) is 6.36. The Morgan fingerprint density at radius 3 is 2.23 bits per heavy atom. The maximum absolute atomic E-state index is 13.7. The molecule has 1 N–H and O–H groups in total. The van der Waals surface area contributed by atoms with Gasteiger partial charge in [-0.3, -0.25) is 4.72 Å². The Kier molecular flexibility index (Phi) is 4.81. The topological polar surface area (TPSA) is 64.6 Å². The molecule has 156 valence electrons. The van der Waals surface area contributed by atoms with Crippen LogP contribution < -0.4 is 14.2 Å². The highest BCUT2D eigenvalue weighted by atomic mass is 32.2. The van der Waals surface area contributed by atoms with Crippen molar-refractivity contribution in [2.24, 2.45) is 0 Å². The molecule has 0 atom stereocenters. The molecule has 0 saturated carbocycles. The number of fused-ring (bicyclic) bond motifs is 1. The van der Waals surface area contributed by atoms with Crippen molar-refractivity contribution in [1.82, 2.24) is 0 Å². The van der Waals surface area contributed by atoms with Gasteiger partial charge in [-0.15, -0.1) is 0 Å². The van der Waals surface area contributed by atoms with Crippen molar-refractivity contribution in [3.05, 3.63) is 72.0 Å². The Labute approximate surface area is 168 Å². The minimum atomic E-state index is -4.92. The van der Waals surface area contributed by atoms with Crippen LogP contribution in [0.2, 0.25) is 0 Å². The van der Waals surface area contributed by atoms with Gasteiger partial charge >= 0.3 is 6.18 Å². The van der Waals surface area contributed by atoms with E-state index in [9.17, 15) is 26.0 Å². The van der Waals surface area contributed by atoms with Crippen molar-refractivity contribution in [3.63, 3.8) is 0 Å². The van der Waals surface area contributed by atoms with E-state index in [1.54, 1.807) is 6.07 Å². The lowest BCUT2D eigenvalue weighted by Gasteiger charge is -2.16. The van der Waals surface area contributed by atoms with Crippen LogP contribution in [-0.4, -0.2) is 15.2 Å². The molecule has 0 radical (unpaired) electrons. The van der Waals surface area contributed by atoms with E-state index in [1.807, 2.05) is 0 Å². The maximum Gasteiger partial charge on any atom is 0.419 e. The lowest BCUT2D eigenvalue weighted by Crippen LogP contribution is -2.14. The molecule has 5 nitrogen and oxygen atoms in total. The van der Waals surface area contributed by atoms with Crippen LogP contribution in [0.5, 0.6) is 11.5 Å². The number of nitrogens with one attached hydrogen (secondary N) is 1. The Balaban J connectivity index is 1.85. The average molecular weight is 439 g/mol. The van der Waals surface area contributed by atoms with Gasteiger partial charge in [-0.25, -0.2) is 12.8 Å². The van der Waals surface area contributed by atoms with Gasteiger partial charge < -0.3 is 9.47 Å². The Bertz CT molecular complexity index is 1210. The lowest BCUT2D eigenvalue weighted by atomic mass is 10.0. The molecule has 0 saturated heterocycles. The van der Waals surface area contributed by atoms with E-state index in [-0.39, 0.29) is 40.0 Å². The molecule has 4 rings (SSSR count).